The molecule has 114 valence electrons. The fourth-order valence-electron chi connectivity index (χ4n) is 2.66. The van der Waals surface area contributed by atoms with E-state index in [2.05, 4.69) is 44.8 Å². The van der Waals surface area contributed by atoms with Crippen molar-refractivity contribution in [3.05, 3.63) is 69.2 Å². The molecule has 2 aromatic carbocycles. The maximum Gasteiger partial charge on any atom is 0.220 e. The average Bonchev–Trinajstić information content (AvgIpc) is 3.00. The van der Waals surface area contributed by atoms with Gasteiger partial charge >= 0.3 is 0 Å². The predicted octanol–water partition coefficient (Wildman–Crippen LogP) is 3.30. The third-order valence-corrected chi connectivity index (χ3v) is 4.47. The number of carbonyl (C=O) groups excluding carboxylic acids is 1. The Balaban J connectivity index is 1.47. The first-order valence-corrected chi connectivity index (χ1v) is 8.32. The molecule has 2 N–H and O–H groups in total. The minimum Gasteiger partial charge on any atom is -0.352 e. The third-order valence-electron chi connectivity index (χ3n) is 3.95. The van der Waals surface area contributed by atoms with Crippen molar-refractivity contribution >= 4 is 21.8 Å². The van der Waals surface area contributed by atoms with Crippen LogP contribution in [0.3, 0.4) is 0 Å². The number of fused-ring (bicyclic) bond motifs is 1. The first-order valence-electron chi connectivity index (χ1n) is 7.53. The summed E-state index contributed by atoms with van der Waals surface area (Å²) in [5.41, 5.74) is 5.06. The molecular weight excluding hydrogens is 340 g/mol. The molecule has 4 heteroatoms. The van der Waals surface area contributed by atoms with Gasteiger partial charge in [-0.1, -0.05) is 46.3 Å². The molecule has 0 atom stereocenters. The minimum atomic E-state index is 0.0987. The zero-order valence-electron chi connectivity index (χ0n) is 12.4. The minimum absolute atomic E-state index is 0.0987. The van der Waals surface area contributed by atoms with Crippen LogP contribution in [-0.4, -0.2) is 5.91 Å². The van der Waals surface area contributed by atoms with Crippen molar-refractivity contribution in [3.8, 4) is 0 Å². The van der Waals surface area contributed by atoms with Gasteiger partial charge < -0.3 is 10.6 Å². The second kappa shape index (κ2) is 7.07. The van der Waals surface area contributed by atoms with Gasteiger partial charge in [-0.2, -0.15) is 0 Å². The summed E-state index contributed by atoms with van der Waals surface area (Å²) in [6.45, 7) is 2.49. The van der Waals surface area contributed by atoms with Crippen molar-refractivity contribution in [1.82, 2.24) is 10.6 Å². The zero-order valence-corrected chi connectivity index (χ0v) is 13.9. The largest absolute Gasteiger partial charge is 0.352 e. The molecule has 0 radical (unpaired) electrons. The van der Waals surface area contributed by atoms with Crippen molar-refractivity contribution in [1.29, 1.82) is 0 Å². The molecule has 0 saturated heterocycles. The van der Waals surface area contributed by atoms with Gasteiger partial charge in [0.15, 0.2) is 0 Å². The molecule has 3 rings (SSSR count). The predicted molar refractivity (Wildman–Crippen MR) is 91.3 cm³/mol. The molecule has 1 heterocycles. The molecule has 0 fully saturated rings. The Morgan fingerprint density at radius 3 is 2.59 bits per heavy atom. The molecule has 1 aliphatic heterocycles. The van der Waals surface area contributed by atoms with Crippen LogP contribution in [0.5, 0.6) is 0 Å². The molecule has 0 spiro atoms. The van der Waals surface area contributed by atoms with E-state index in [1.807, 2.05) is 24.3 Å². The summed E-state index contributed by atoms with van der Waals surface area (Å²) in [6, 6.07) is 14.5. The molecule has 0 aliphatic carbocycles. The van der Waals surface area contributed by atoms with Crippen LogP contribution < -0.4 is 10.6 Å². The summed E-state index contributed by atoms with van der Waals surface area (Å²) in [5.74, 6) is 0.0987. The van der Waals surface area contributed by atoms with Crippen LogP contribution >= 0.6 is 15.9 Å². The second-order valence-corrected chi connectivity index (χ2v) is 6.53. The standard InChI is InChI=1S/C18H19BrN2O/c19-17-6-2-13(3-7-17)4-8-18(22)21-10-14-1-5-15-11-20-12-16(15)9-14/h1-3,5-7,9,20H,4,8,10-12H2,(H,21,22). The molecule has 0 bridgehead atoms. The lowest BCUT2D eigenvalue weighted by molar-refractivity contribution is -0.121. The zero-order chi connectivity index (χ0) is 15.4. The number of carbonyl (C=O) groups is 1. The van der Waals surface area contributed by atoms with Crippen molar-refractivity contribution in [3.63, 3.8) is 0 Å². The van der Waals surface area contributed by atoms with Gasteiger partial charge in [-0.05, 0) is 40.8 Å². The van der Waals surface area contributed by atoms with Gasteiger partial charge in [0.1, 0.15) is 0 Å². The van der Waals surface area contributed by atoms with E-state index < -0.39 is 0 Å². The summed E-state index contributed by atoms with van der Waals surface area (Å²) in [6.07, 6.45) is 1.29. The highest BCUT2D eigenvalue weighted by atomic mass is 79.9. The van der Waals surface area contributed by atoms with E-state index in [0.29, 0.717) is 13.0 Å². The van der Waals surface area contributed by atoms with Crippen LogP contribution in [0.2, 0.25) is 0 Å². The van der Waals surface area contributed by atoms with E-state index in [9.17, 15) is 4.79 Å². The molecule has 2 aromatic rings. The lowest BCUT2D eigenvalue weighted by atomic mass is 10.1. The van der Waals surface area contributed by atoms with Gasteiger partial charge in [0.2, 0.25) is 5.91 Å². The summed E-state index contributed by atoms with van der Waals surface area (Å²) in [7, 11) is 0. The maximum absolute atomic E-state index is 12.0. The number of amides is 1. The number of aryl methyl sites for hydroxylation is 1. The molecule has 22 heavy (non-hydrogen) atoms. The van der Waals surface area contributed by atoms with E-state index in [-0.39, 0.29) is 5.91 Å². The normalized spacial score (nSPS) is 13.0. The Labute approximate surface area is 139 Å². The van der Waals surface area contributed by atoms with Crippen LogP contribution in [0.15, 0.2) is 46.9 Å². The molecule has 0 unspecified atom stereocenters. The highest BCUT2D eigenvalue weighted by Crippen LogP contribution is 2.17. The van der Waals surface area contributed by atoms with Crippen LogP contribution in [0, 0.1) is 0 Å². The highest BCUT2D eigenvalue weighted by molar-refractivity contribution is 9.10. The summed E-state index contributed by atoms with van der Waals surface area (Å²) < 4.78 is 1.06. The SMILES string of the molecule is O=C(CCc1ccc(Br)cc1)NCc1ccc2c(c1)CNC2. The molecular formula is C18H19BrN2O. The number of halogens is 1. The van der Waals surface area contributed by atoms with Crippen molar-refractivity contribution in [2.45, 2.75) is 32.5 Å². The monoisotopic (exact) mass is 358 g/mol. The first-order chi connectivity index (χ1) is 10.7. The van der Waals surface area contributed by atoms with E-state index in [0.717, 1.165) is 24.0 Å². The van der Waals surface area contributed by atoms with Crippen molar-refractivity contribution in [2.75, 3.05) is 0 Å². The van der Waals surface area contributed by atoms with Gasteiger partial charge in [0, 0.05) is 30.5 Å². The van der Waals surface area contributed by atoms with Gasteiger partial charge in [-0.15, -0.1) is 0 Å². The summed E-state index contributed by atoms with van der Waals surface area (Å²) in [4.78, 5) is 12.0. The summed E-state index contributed by atoms with van der Waals surface area (Å²) in [5, 5.41) is 6.33. The Morgan fingerprint density at radius 1 is 1.05 bits per heavy atom. The number of hydrogen-bond acceptors (Lipinski definition) is 2. The van der Waals surface area contributed by atoms with Gasteiger partial charge in [-0.3, -0.25) is 4.79 Å². The van der Waals surface area contributed by atoms with E-state index in [4.69, 9.17) is 0 Å². The summed E-state index contributed by atoms with van der Waals surface area (Å²) >= 11 is 3.41. The van der Waals surface area contributed by atoms with Crippen LogP contribution in [0.25, 0.3) is 0 Å². The lowest BCUT2D eigenvalue weighted by Gasteiger charge is -2.07. The second-order valence-electron chi connectivity index (χ2n) is 5.61. The van der Waals surface area contributed by atoms with Crippen LogP contribution in [-0.2, 0) is 30.8 Å². The molecule has 1 aliphatic rings. The Hall–Kier alpha value is -1.65. The number of benzene rings is 2. The topological polar surface area (TPSA) is 41.1 Å². The van der Waals surface area contributed by atoms with Crippen LogP contribution in [0.1, 0.15) is 28.7 Å². The molecule has 1 amide bonds. The highest BCUT2D eigenvalue weighted by Gasteiger charge is 2.10. The van der Waals surface area contributed by atoms with E-state index in [1.165, 1.54) is 22.3 Å². The maximum atomic E-state index is 12.0. The Morgan fingerprint density at radius 2 is 1.77 bits per heavy atom. The molecule has 0 aromatic heterocycles. The van der Waals surface area contributed by atoms with E-state index in [1.54, 1.807) is 0 Å². The van der Waals surface area contributed by atoms with Crippen LogP contribution in [0.4, 0.5) is 0 Å². The number of hydrogen-bond donors (Lipinski definition) is 2. The molecule has 0 saturated carbocycles. The smallest absolute Gasteiger partial charge is 0.220 e. The third kappa shape index (κ3) is 3.96. The van der Waals surface area contributed by atoms with Crippen molar-refractivity contribution in [2.24, 2.45) is 0 Å². The Kier molecular flexibility index (Phi) is 4.90. The molecule has 3 nitrogen and oxygen atoms in total. The fraction of sp³-hybridized carbons (Fsp3) is 0.278. The van der Waals surface area contributed by atoms with Gasteiger partial charge in [0.05, 0.1) is 0 Å². The quantitative estimate of drug-likeness (QED) is 0.860. The first kappa shape index (κ1) is 15.3. The lowest BCUT2D eigenvalue weighted by Crippen LogP contribution is -2.23. The van der Waals surface area contributed by atoms with Gasteiger partial charge in [0.25, 0.3) is 0 Å². The Bertz CT molecular complexity index is 667. The number of nitrogens with one attached hydrogen (secondary N) is 2. The fourth-order valence-corrected chi connectivity index (χ4v) is 2.92. The average molecular weight is 359 g/mol. The van der Waals surface area contributed by atoms with Gasteiger partial charge in [-0.25, -0.2) is 0 Å². The van der Waals surface area contributed by atoms with Crippen molar-refractivity contribution < 1.29 is 4.79 Å². The number of rotatable bonds is 5. The van der Waals surface area contributed by atoms with E-state index >= 15 is 0 Å².